The summed E-state index contributed by atoms with van der Waals surface area (Å²) < 4.78 is 81.3. The fourth-order valence-corrected chi connectivity index (χ4v) is 6.12. The SMILES string of the molecule is CN(C1CCN(S(=O)(=O)C2=Cc3ccc(OC(F)F)cc3CC2)CC1)S(C)(=O)=O. The van der Waals surface area contributed by atoms with Gasteiger partial charge >= 0.3 is 6.61 Å². The minimum absolute atomic E-state index is 0.0514. The lowest BCUT2D eigenvalue weighted by molar-refractivity contribution is -0.0498. The number of aryl methyl sites for hydroxylation is 1. The second-order valence-corrected chi connectivity index (χ2v) is 11.3. The van der Waals surface area contributed by atoms with Gasteiger partial charge in [-0.25, -0.2) is 21.1 Å². The average Bonchev–Trinajstić information content (AvgIpc) is 2.65. The minimum atomic E-state index is -3.67. The van der Waals surface area contributed by atoms with Crippen LogP contribution in [0.2, 0.25) is 0 Å². The molecule has 0 saturated carbocycles. The number of alkyl halides is 2. The van der Waals surface area contributed by atoms with Gasteiger partial charge in [-0.15, -0.1) is 0 Å². The number of rotatable bonds is 6. The molecule has 0 unspecified atom stereocenters. The molecule has 0 N–H and O–H groups in total. The van der Waals surface area contributed by atoms with Crippen LogP contribution in [0.3, 0.4) is 0 Å². The van der Waals surface area contributed by atoms with Crippen LogP contribution in [0.4, 0.5) is 8.78 Å². The largest absolute Gasteiger partial charge is 0.435 e. The summed E-state index contributed by atoms with van der Waals surface area (Å²) in [5.74, 6) is 0.0514. The Bertz CT molecular complexity index is 1000. The van der Waals surface area contributed by atoms with E-state index in [1.54, 1.807) is 12.1 Å². The number of hydrogen-bond donors (Lipinski definition) is 0. The summed E-state index contributed by atoms with van der Waals surface area (Å²) in [6, 6.07) is 4.26. The second-order valence-electron chi connectivity index (χ2n) is 7.26. The molecule has 0 bridgehead atoms. The van der Waals surface area contributed by atoms with Crippen molar-refractivity contribution in [2.24, 2.45) is 0 Å². The van der Waals surface area contributed by atoms with Crippen LogP contribution >= 0.6 is 0 Å². The molecule has 1 saturated heterocycles. The molecule has 0 atom stereocenters. The molecule has 1 heterocycles. The van der Waals surface area contributed by atoms with Crippen LogP contribution in [0.25, 0.3) is 6.08 Å². The zero-order chi connectivity index (χ0) is 21.4. The minimum Gasteiger partial charge on any atom is -0.435 e. The van der Waals surface area contributed by atoms with E-state index >= 15 is 0 Å². The molecule has 1 aliphatic heterocycles. The number of sulfonamides is 2. The molecule has 162 valence electrons. The highest BCUT2D eigenvalue weighted by Gasteiger charge is 2.34. The number of ether oxygens (including phenoxy) is 1. The maximum atomic E-state index is 13.0. The zero-order valence-corrected chi connectivity index (χ0v) is 17.8. The number of halogens is 2. The van der Waals surface area contributed by atoms with Crippen molar-refractivity contribution in [1.82, 2.24) is 8.61 Å². The van der Waals surface area contributed by atoms with E-state index in [2.05, 4.69) is 4.74 Å². The fraction of sp³-hybridized carbons (Fsp3) is 0.556. The third kappa shape index (κ3) is 4.96. The van der Waals surface area contributed by atoms with Crippen molar-refractivity contribution in [1.29, 1.82) is 0 Å². The third-order valence-corrected chi connectivity index (χ3v) is 8.80. The molecular formula is C18H24F2N2O5S2. The quantitative estimate of drug-likeness (QED) is 0.664. The summed E-state index contributed by atoms with van der Waals surface area (Å²) in [5.41, 5.74) is 1.43. The van der Waals surface area contributed by atoms with Gasteiger partial charge in [-0.2, -0.15) is 13.1 Å². The van der Waals surface area contributed by atoms with Crippen molar-refractivity contribution >= 4 is 26.1 Å². The Morgan fingerprint density at radius 2 is 1.79 bits per heavy atom. The highest BCUT2D eigenvalue weighted by atomic mass is 32.2. The molecule has 1 aromatic rings. The van der Waals surface area contributed by atoms with Crippen LogP contribution in [0.15, 0.2) is 23.1 Å². The van der Waals surface area contributed by atoms with E-state index in [1.807, 2.05) is 0 Å². The van der Waals surface area contributed by atoms with Gasteiger partial charge in [0, 0.05) is 26.2 Å². The molecule has 3 rings (SSSR count). The van der Waals surface area contributed by atoms with E-state index in [0.717, 1.165) is 11.8 Å². The standard InChI is InChI=1S/C18H24F2N2O5S2/c1-21(28(2,23)24)15-7-9-22(10-8-15)29(25,26)17-6-4-13-11-16(27-18(19)20)5-3-14(13)12-17/h3,5,11-12,15,18H,4,6-10H2,1-2H3. The molecule has 1 aliphatic carbocycles. The van der Waals surface area contributed by atoms with E-state index in [0.29, 0.717) is 24.8 Å². The van der Waals surface area contributed by atoms with Crippen LogP contribution in [0, 0.1) is 0 Å². The average molecular weight is 451 g/mol. The number of piperidine rings is 1. The molecule has 0 spiro atoms. The Kier molecular flexibility index (Phi) is 6.32. The first-order valence-corrected chi connectivity index (χ1v) is 12.5. The highest BCUT2D eigenvalue weighted by molar-refractivity contribution is 7.93. The number of allylic oxidation sites excluding steroid dienone is 1. The Labute approximate surface area is 170 Å². The molecule has 0 radical (unpaired) electrons. The highest BCUT2D eigenvalue weighted by Crippen LogP contribution is 2.32. The molecule has 1 fully saturated rings. The maximum Gasteiger partial charge on any atom is 0.387 e. The number of hydrogen-bond acceptors (Lipinski definition) is 5. The van der Waals surface area contributed by atoms with Crippen molar-refractivity contribution in [2.75, 3.05) is 26.4 Å². The van der Waals surface area contributed by atoms with Crippen LogP contribution in [-0.4, -0.2) is 64.5 Å². The summed E-state index contributed by atoms with van der Waals surface area (Å²) in [7, 11) is -5.48. The zero-order valence-electron chi connectivity index (χ0n) is 16.2. The predicted octanol–water partition coefficient (Wildman–Crippen LogP) is 2.26. The summed E-state index contributed by atoms with van der Waals surface area (Å²) in [4.78, 5) is 0.280. The van der Waals surface area contributed by atoms with Gasteiger partial charge in [-0.3, -0.25) is 0 Å². The van der Waals surface area contributed by atoms with E-state index in [4.69, 9.17) is 0 Å². The third-order valence-electron chi connectivity index (χ3n) is 5.43. The maximum absolute atomic E-state index is 13.0. The van der Waals surface area contributed by atoms with Gasteiger partial charge in [0.2, 0.25) is 20.0 Å². The van der Waals surface area contributed by atoms with E-state index in [1.165, 1.54) is 27.8 Å². The van der Waals surface area contributed by atoms with Gasteiger partial charge in [0.15, 0.2) is 0 Å². The summed E-state index contributed by atoms with van der Waals surface area (Å²) in [6.07, 6.45) is 4.26. The molecule has 0 aromatic heterocycles. The monoisotopic (exact) mass is 450 g/mol. The predicted molar refractivity (Wildman–Crippen MR) is 105 cm³/mol. The lowest BCUT2D eigenvalue weighted by atomic mass is 9.97. The molecular weight excluding hydrogens is 426 g/mol. The normalized spacial score (nSPS) is 19.3. The van der Waals surface area contributed by atoms with Gasteiger partial charge < -0.3 is 4.74 Å². The Balaban J connectivity index is 1.73. The van der Waals surface area contributed by atoms with Crippen LogP contribution in [-0.2, 0) is 26.5 Å². The fourth-order valence-electron chi connectivity index (χ4n) is 3.71. The van der Waals surface area contributed by atoms with Crippen LogP contribution in [0.1, 0.15) is 30.4 Å². The van der Waals surface area contributed by atoms with Crippen molar-refractivity contribution in [3.63, 3.8) is 0 Å². The van der Waals surface area contributed by atoms with Crippen molar-refractivity contribution in [3.05, 3.63) is 34.2 Å². The van der Waals surface area contributed by atoms with E-state index in [-0.39, 0.29) is 36.2 Å². The Hall–Kier alpha value is -1.56. The van der Waals surface area contributed by atoms with Crippen LogP contribution < -0.4 is 4.74 Å². The van der Waals surface area contributed by atoms with Gasteiger partial charge in [0.25, 0.3) is 0 Å². The van der Waals surface area contributed by atoms with Gasteiger partial charge in [-0.05, 0) is 55.0 Å². The van der Waals surface area contributed by atoms with Gasteiger partial charge in [-0.1, -0.05) is 6.07 Å². The molecule has 29 heavy (non-hydrogen) atoms. The number of nitrogens with zero attached hydrogens (tertiary/aromatic N) is 2. The number of benzene rings is 1. The van der Waals surface area contributed by atoms with Gasteiger partial charge in [0.1, 0.15) is 5.75 Å². The topological polar surface area (TPSA) is 84.0 Å². The Morgan fingerprint density at radius 1 is 1.14 bits per heavy atom. The van der Waals surface area contributed by atoms with Crippen molar-refractivity contribution < 1.29 is 30.4 Å². The lowest BCUT2D eigenvalue weighted by Gasteiger charge is -2.35. The van der Waals surface area contributed by atoms with Crippen molar-refractivity contribution in [2.45, 2.75) is 38.3 Å². The van der Waals surface area contributed by atoms with E-state index < -0.39 is 26.7 Å². The molecule has 1 aromatic carbocycles. The van der Waals surface area contributed by atoms with Gasteiger partial charge in [0.05, 0.1) is 11.2 Å². The van der Waals surface area contributed by atoms with E-state index in [9.17, 15) is 25.6 Å². The summed E-state index contributed by atoms with van der Waals surface area (Å²) in [6.45, 7) is -2.41. The summed E-state index contributed by atoms with van der Waals surface area (Å²) >= 11 is 0. The van der Waals surface area contributed by atoms with Crippen molar-refractivity contribution in [3.8, 4) is 5.75 Å². The molecule has 0 amide bonds. The lowest BCUT2D eigenvalue weighted by Crippen LogP contribution is -2.47. The van der Waals surface area contributed by atoms with Crippen LogP contribution in [0.5, 0.6) is 5.75 Å². The first kappa shape index (κ1) is 22.1. The number of fused-ring (bicyclic) bond motifs is 1. The Morgan fingerprint density at radius 3 is 2.38 bits per heavy atom. The summed E-state index contributed by atoms with van der Waals surface area (Å²) in [5, 5.41) is 0. The second kappa shape index (κ2) is 8.29. The smallest absolute Gasteiger partial charge is 0.387 e. The molecule has 2 aliphatic rings. The molecule has 7 nitrogen and oxygen atoms in total. The molecule has 11 heteroatoms. The first-order chi connectivity index (χ1) is 13.5. The first-order valence-electron chi connectivity index (χ1n) is 9.20.